The van der Waals surface area contributed by atoms with Crippen molar-refractivity contribution in [3.05, 3.63) is 153 Å². The Bertz CT molecular complexity index is 2680. The van der Waals surface area contributed by atoms with E-state index in [1.54, 1.807) is 16.7 Å². The maximum Gasteiger partial charge on any atom is 0.221 e. The Morgan fingerprint density at radius 2 is 1.53 bits per heavy atom. The second-order valence-electron chi connectivity index (χ2n) is 22.4. The van der Waals surface area contributed by atoms with Crippen molar-refractivity contribution in [3.63, 3.8) is 0 Å². The van der Waals surface area contributed by atoms with E-state index in [0.29, 0.717) is 11.7 Å². The number of rotatable bonds is 1. The molecule has 5 unspecified atom stereocenters. The summed E-state index contributed by atoms with van der Waals surface area (Å²) < 4.78 is 10.0. The molecule has 0 amide bonds. The van der Waals surface area contributed by atoms with Crippen LogP contribution in [0.3, 0.4) is 0 Å². The predicted molar refractivity (Wildman–Crippen MR) is 245 cm³/mol. The molecule has 0 radical (unpaired) electrons. The normalized spacial score (nSPS) is 26.2. The highest BCUT2D eigenvalue weighted by molar-refractivity contribution is 6.89. The summed E-state index contributed by atoms with van der Waals surface area (Å²) in [5.74, 6) is 3.50. The lowest BCUT2D eigenvalue weighted by atomic mass is 9.29. The lowest BCUT2D eigenvalue weighted by Gasteiger charge is -2.43. The topological polar surface area (TPSA) is 14.2 Å². The summed E-state index contributed by atoms with van der Waals surface area (Å²) in [5, 5.41) is 1.47. The summed E-state index contributed by atoms with van der Waals surface area (Å²) in [4.78, 5) is 0. The Hall–Kier alpha value is -4.50. The van der Waals surface area contributed by atoms with Gasteiger partial charge in [0, 0.05) is 34.0 Å². The summed E-state index contributed by atoms with van der Waals surface area (Å²) >= 11 is 0. The van der Waals surface area contributed by atoms with Crippen molar-refractivity contribution in [2.45, 2.75) is 135 Å². The summed E-state index contributed by atoms with van der Waals surface area (Å²) in [7, 11) is 0. The molecule has 3 aromatic carbocycles. The molecular weight excluding hydrogens is 701 g/mol. The third-order valence-corrected chi connectivity index (χ3v) is 15.6. The molecule has 4 aromatic rings. The molecular formula is C55H60BNO. The Labute approximate surface area is 347 Å². The minimum atomic E-state index is 0.0152. The molecule has 4 aliphatic carbocycles. The van der Waals surface area contributed by atoms with Crippen molar-refractivity contribution in [2.24, 2.45) is 11.3 Å². The highest BCUT2D eigenvalue weighted by Crippen LogP contribution is 2.61. The van der Waals surface area contributed by atoms with Gasteiger partial charge in [0.15, 0.2) is 0 Å². The molecule has 3 aliphatic heterocycles. The highest BCUT2D eigenvalue weighted by atomic mass is 16.5. The average Bonchev–Trinajstić information content (AvgIpc) is 3.76. The van der Waals surface area contributed by atoms with Crippen LogP contribution in [0.15, 0.2) is 120 Å². The molecule has 0 spiro atoms. The molecule has 0 fully saturated rings. The Kier molecular flexibility index (Phi) is 7.46. The number of para-hydroxylation sites is 1. The van der Waals surface area contributed by atoms with Gasteiger partial charge in [-0.15, -0.1) is 0 Å². The van der Waals surface area contributed by atoms with E-state index in [0.717, 1.165) is 25.0 Å². The molecule has 5 atom stereocenters. The van der Waals surface area contributed by atoms with E-state index in [4.69, 9.17) is 4.74 Å². The molecule has 11 rings (SSSR count). The van der Waals surface area contributed by atoms with Gasteiger partial charge in [-0.05, 0) is 103 Å². The molecule has 0 saturated carbocycles. The first kappa shape index (κ1) is 36.6. The molecule has 1 aromatic heterocycles. The van der Waals surface area contributed by atoms with Crippen LogP contribution in [0.1, 0.15) is 147 Å². The quantitative estimate of drug-likeness (QED) is 0.176. The molecule has 7 aliphatic rings. The van der Waals surface area contributed by atoms with E-state index >= 15 is 0 Å². The SMILES string of the molecule is CC(C)(C)C1=CC2C3B(c4ccc(C(C)(C)C)cc4C(C4=C5Oc6cc(C(C)(C)C)ccc6C5CC=C4)CC3=C1)c1cccc3c4c(n2c13)C1=CC=CCC1C4(C)C. The second kappa shape index (κ2) is 11.8. The summed E-state index contributed by atoms with van der Waals surface area (Å²) in [6, 6.07) is 22.3. The van der Waals surface area contributed by atoms with Crippen molar-refractivity contribution in [1.82, 2.24) is 4.57 Å². The van der Waals surface area contributed by atoms with E-state index in [9.17, 15) is 0 Å². The zero-order chi connectivity index (χ0) is 40.4. The van der Waals surface area contributed by atoms with Gasteiger partial charge in [-0.1, -0.05) is 178 Å². The van der Waals surface area contributed by atoms with Crippen LogP contribution in [0.2, 0.25) is 5.82 Å². The van der Waals surface area contributed by atoms with E-state index < -0.39 is 0 Å². The molecule has 58 heavy (non-hydrogen) atoms. The summed E-state index contributed by atoms with van der Waals surface area (Å²) in [6.07, 6.45) is 20.5. The van der Waals surface area contributed by atoms with Gasteiger partial charge in [0.1, 0.15) is 11.5 Å². The van der Waals surface area contributed by atoms with Gasteiger partial charge in [0.25, 0.3) is 0 Å². The van der Waals surface area contributed by atoms with Gasteiger partial charge in [-0.3, -0.25) is 0 Å². The average molecular weight is 762 g/mol. The van der Waals surface area contributed by atoms with Gasteiger partial charge in [-0.2, -0.15) is 0 Å². The van der Waals surface area contributed by atoms with E-state index in [-0.39, 0.29) is 46.3 Å². The van der Waals surface area contributed by atoms with Crippen molar-refractivity contribution < 1.29 is 4.74 Å². The number of benzene rings is 3. The first-order valence-corrected chi connectivity index (χ1v) is 22.3. The monoisotopic (exact) mass is 761 g/mol. The first-order chi connectivity index (χ1) is 27.4. The highest BCUT2D eigenvalue weighted by Gasteiger charge is 2.54. The van der Waals surface area contributed by atoms with Crippen LogP contribution < -0.4 is 15.7 Å². The number of aromatic nitrogens is 1. The minimum Gasteiger partial charge on any atom is -0.460 e. The van der Waals surface area contributed by atoms with E-state index in [1.165, 1.54) is 66.7 Å². The number of allylic oxidation sites excluding steroid dienone is 12. The molecule has 0 saturated heterocycles. The van der Waals surface area contributed by atoms with Gasteiger partial charge in [0.05, 0.1) is 6.04 Å². The fourth-order valence-corrected chi connectivity index (χ4v) is 12.5. The number of nitrogens with zero attached hydrogens (tertiary/aromatic N) is 1. The second-order valence-corrected chi connectivity index (χ2v) is 22.4. The fourth-order valence-electron chi connectivity index (χ4n) is 12.5. The zero-order valence-corrected chi connectivity index (χ0v) is 36.7. The fraction of sp³-hybridized carbons (Fsp3) is 0.418. The van der Waals surface area contributed by atoms with Crippen LogP contribution in [0.4, 0.5) is 0 Å². The van der Waals surface area contributed by atoms with Crippen molar-refractivity contribution >= 4 is 34.1 Å². The molecule has 0 N–H and O–H groups in total. The van der Waals surface area contributed by atoms with Crippen molar-refractivity contribution in [2.75, 3.05) is 0 Å². The van der Waals surface area contributed by atoms with Crippen LogP contribution in [0, 0.1) is 11.3 Å². The molecule has 0 bridgehead atoms. The lowest BCUT2D eigenvalue weighted by molar-refractivity contribution is 0.411. The maximum absolute atomic E-state index is 7.15. The zero-order valence-electron chi connectivity index (χ0n) is 36.7. The van der Waals surface area contributed by atoms with Crippen LogP contribution >= 0.6 is 0 Å². The van der Waals surface area contributed by atoms with Crippen molar-refractivity contribution in [1.29, 1.82) is 0 Å². The van der Waals surface area contributed by atoms with Crippen molar-refractivity contribution in [3.8, 4) is 5.75 Å². The third-order valence-electron chi connectivity index (χ3n) is 15.6. The molecule has 4 heterocycles. The smallest absolute Gasteiger partial charge is 0.221 e. The Morgan fingerprint density at radius 1 is 0.776 bits per heavy atom. The Balaban J connectivity index is 1.19. The van der Waals surface area contributed by atoms with Gasteiger partial charge >= 0.3 is 0 Å². The van der Waals surface area contributed by atoms with Crippen LogP contribution in [-0.2, 0) is 16.2 Å². The lowest BCUT2D eigenvalue weighted by Crippen LogP contribution is -2.53. The summed E-state index contributed by atoms with van der Waals surface area (Å²) in [6.45, 7) is 26.6. The Morgan fingerprint density at radius 3 is 2.29 bits per heavy atom. The van der Waals surface area contributed by atoms with E-state index in [2.05, 4.69) is 178 Å². The van der Waals surface area contributed by atoms with Crippen LogP contribution in [0.5, 0.6) is 5.75 Å². The third kappa shape index (κ3) is 4.97. The number of ether oxygens (including phenoxy) is 1. The van der Waals surface area contributed by atoms with Crippen LogP contribution in [-0.4, -0.2) is 11.3 Å². The number of fused-ring (bicyclic) bond motifs is 12. The summed E-state index contributed by atoms with van der Waals surface area (Å²) in [5.41, 5.74) is 19.3. The van der Waals surface area contributed by atoms with Crippen LogP contribution in [0.25, 0.3) is 16.5 Å². The van der Waals surface area contributed by atoms with Gasteiger partial charge < -0.3 is 9.30 Å². The predicted octanol–water partition coefficient (Wildman–Crippen LogP) is 12.8. The van der Waals surface area contributed by atoms with E-state index in [1.807, 2.05) is 0 Å². The van der Waals surface area contributed by atoms with Gasteiger partial charge in [-0.25, -0.2) is 0 Å². The standard InChI is InChI=1S/C55H60BNO/c1-52(2,3)32-23-25-43-41(28-32)40(37-18-14-17-36-35-24-22-33(53(4,5)6)30-46(35)58-51(36)37)27-31-26-34(54(7,8)9)29-45-48(31)56(43)44-21-15-19-39-47-50(57(45)49(39)44)38-16-12-13-20-42(38)55(47,10)11/h12-16,18-19,21-26,28-30,36,40,42,45,48H,17,20,27H2,1-11H3. The minimum absolute atomic E-state index is 0.0152. The molecule has 2 nitrogen and oxygen atoms in total. The number of hydrogen-bond acceptors (Lipinski definition) is 1. The first-order valence-electron chi connectivity index (χ1n) is 22.3. The number of hydrogen-bond donors (Lipinski definition) is 0. The maximum atomic E-state index is 7.15. The van der Waals surface area contributed by atoms with Gasteiger partial charge in [0.2, 0.25) is 6.71 Å². The largest absolute Gasteiger partial charge is 0.460 e. The molecule has 3 heteroatoms. The molecule has 294 valence electrons.